The molecule has 0 bridgehead atoms. The molecule has 2 aliphatic rings. The lowest BCUT2D eigenvalue weighted by atomic mass is 10.2. The molecule has 2 heterocycles. The van der Waals surface area contributed by atoms with Gasteiger partial charge in [0.15, 0.2) is 0 Å². The van der Waals surface area contributed by atoms with Crippen LogP contribution in [0.5, 0.6) is 0 Å². The van der Waals surface area contributed by atoms with Crippen LogP contribution in [0.1, 0.15) is 0 Å². The van der Waals surface area contributed by atoms with E-state index >= 15 is 0 Å². The second-order valence-electron chi connectivity index (χ2n) is 3.71. The minimum Gasteiger partial charge on any atom is -0.338 e. The van der Waals surface area contributed by atoms with Gasteiger partial charge >= 0.3 is 0 Å². The Morgan fingerprint density at radius 1 is 1.40 bits per heavy atom. The van der Waals surface area contributed by atoms with Gasteiger partial charge in [-0.05, 0) is 0 Å². The molecule has 2 aliphatic heterocycles. The highest BCUT2D eigenvalue weighted by atomic mass is 32.2. The third-order valence-electron chi connectivity index (χ3n) is 2.77. The van der Waals surface area contributed by atoms with Crippen LogP contribution in [-0.2, 0) is 9.59 Å². The van der Waals surface area contributed by atoms with Crippen molar-refractivity contribution in [1.29, 1.82) is 0 Å². The molecular formula is C9H15N3O2S. The number of carbonyl (C=O) groups is 2. The van der Waals surface area contributed by atoms with Gasteiger partial charge in [-0.3, -0.25) is 9.59 Å². The minimum absolute atomic E-state index is 0.105. The van der Waals surface area contributed by atoms with Crippen molar-refractivity contribution in [3.05, 3.63) is 0 Å². The first-order chi connectivity index (χ1) is 7.33. The zero-order valence-electron chi connectivity index (χ0n) is 8.52. The summed E-state index contributed by atoms with van der Waals surface area (Å²) in [4.78, 5) is 26.2. The molecule has 0 aromatic heterocycles. The first-order valence-corrected chi connectivity index (χ1v) is 6.26. The van der Waals surface area contributed by atoms with Crippen LogP contribution in [0, 0.1) is 0 Å². The normalized spacial score (nSPS) is 26.8. The lowest BCUT2D eigenvalue weighted by Crippen LogP contribution is -2.53. The van der Waals surface area contributed by atoms with E-state index in [9.17, 15) is 9.59 Å². The van der Waals surface area contributed by atoms with Crippen LogP contribution >= 0.6 is 11.8 Å². The summed E-state index contributed by atoms with van der Waals surface area (Å²) in [6, 6.07) is -0.231. The number of nitrogens with one attached hydrogen (secondary N) is 1. The van der Waals surface area contributed by atoms with Crippen LogP contribution in [0.15, 0.2) is 0 Å². The fourth-order valence-electron chi connectivity index (χ4n) is 1.87. The first-order valence-electron chi connectivity index (χ1n) is 5.11. The van der Waals surface area contributed by atoms with E-state index in [2.05, 4.69) is 5.32 Å². The molecular weight excluding hydrogens is 214 g/mol. The zero-order valence-corrected chi connectivity index (χ0v) is 9.33. The molecule has 2 fully saturated rings. The van der Waals surface area contributed by atoms with Crippen molar-refractivity contribution in [1.82, 2.24) is 15.1 Å². The van der Waals surface area contributed by atoms with Gasteiger partial charge in [0, 0.05) is 31.9 Å². The van der Waals surface area contributed by atoms with Crippen LogP contribution in [0.2, 0.25) is 0 Å². The predicted molar refractivity (Wildman–Crippen MR) is 58.5 cm³/mol. The largest absolute Gasteiger partial charge is 0.338 e. The van der Waals surface area contributed by atoms with Crippen LogP contribution < -0.4 is 5.32 Å². The number of rotatable bonds is 2. The molecule has 2 saturated heterocycles. The fraction of sp³-hybridized carbons (Fsp3) is 0.778. The summed E-state index contributed by atoms with van der Waals surface area (Å²) in [6.45, 7) is 3.22. The molecule has 0 radical (unpaired) electrons. The highest BCUT2D eigenvalue weighted by molar-refractivity contribution is 7.99. The van der Waals surface area contributed by atoms with Gasteiger partial charge in [0.25, 0.3) is 0 Å². The average Bonchev–Trinajstić information content (AvgIpc) is 2.77. The van der Waals surface area contributed by atoms with Gasteiger partial charge in [-0.25, -0.2) is 0 Å². The van der Waals surface area contributed by atoms with Gasteiger partial charge in [-0.15, -0.1) is 11.8 Å². The van der Waals surface area contributed by atoms with Crippen LogP contribution in [0.25, 0.3) is 0 Å². The molecule has 0 aromatic carbocycles. The van der Waals surface area contributed by atoms with Crippen LogP contribution in [0.3, 0.4) is 0 Å². The van der Waals surface area contributed by atoms with Crippen molar-refractivity contribution < 1.29 is 9.59 Å². The Morgan fingerprint density at radius 3 is 2.80 bits per heavy atom. The van der Waals surface area contributed by atoms with Gasteiger partial charge in [0.2, 0.25) is 12.3 Å². The predicted octanol–water partition coefficient (Wildman–Crippen LogP) is -1.05. The molecule has 0 aliphatic carbocycles. The summed E-state index contributed by atoms with van der Waals surface area (Å²) in [5.74, 6) is 1.49. The Labute approximate surface area is 93.2 Å². The van der Waals surface area contributed by atoms with E-state index in [1.807, 2.05) is 4.90 Å². The fourth-order valence-corrected chi connectivity index (χ4v) is 2.98. The molecule has 1 N–H and O–H groups in total. The zero-order chi connectivity index (χ0) is 10.7. The SMILES string of the molecule is O=CN1CSCC1C(=O)N1CCNCC1. The Hall–Kier alpha value is -0.750. The van der Waals surface area contributed by atoms with Gasteiger partial charge in [0.05, 0.1) is 5.88 Å². The van der Waals surface area contributed by atoms with Crippen molar-refractivity contribution in [2.75, 3.05) is 37.8 Å². The van der Waals surface area contributed by atoms with Crippen molar-refractivity contribution >= 4 is 24.1 Å². The Bertz CT molecular complexity index is 256. The summed E-state index contributed by atoms with van der Waals surface area (Å²) in [7, 11) is 0. The van der Waals surface area contributed by atoms with E-state index in [0.29, 0.717) is 5.88 Å². The van der Waals surface area contributed by atoms with E-state index in [-0.39, 0.29) is 11.9 Å². The Kier molecular flexibility index (Phi) is 3.48. The van der Waals surface area contributed by atoms with Crippen molar-refractivity contribution in [3.8, 4) is 0 Å². The maximum atomic E-state index is 12.1. The maximum Gasteiger partial charge on any atom is 0.246 e. The van der Waals surface area contributed by atoms with Crippen LogP contribution in [-0.4, -0.2) is 66.0 Å². The lowest BCUT2D eigenvalue weighted by Gasteiger charge is -2.31. The second-order valence-corrected chi connectivity index (χ2v) is 4.71. The number of thioether (sulfide) groups is 1. The molecule has 1 atom stereocenters. The van der Waals surface area contributed by atoms with Crippen molar-refractivity contribution in [3.63, 3.8) is 0 Å². The average molecular weight is 229 g/mol. The highest BCUT2D eigenvalue weighted by Gasteiger charge is 2.33. The minimum atomic E-state index is -0.231. The van der Waals surface area contributed by atoms with E-state index in [1.54, 1.807) is 16.7 Å². The topological polar surface area (TPSA) is 52.7 Å². The van der Waals surface area contributed by atoms with E-state index < -0.39 is 0 Å². The molecule has 5 nitrogen and oxygen atoms in total. The number of nitrogens with zero attached hydrogens (tertiary/aromatic N) is 2. The molecule has 6 heteroatoms. The van der Waals surface area contributed by atoms with Crippen molar-refractivity contribution in [2.24, 2.45) is 0 Å². The monoisotopic (exact) mass is 229 g/mol. The van der Waals surface area contributed by atoms with Gasteiger partial charge in [-0.2, -0.15) is 0 Å². The maximum absolute atomic E-state index is 12.1. The number of carbonyl (C=O) groups excluding carboxylic acids is 2. The molecule has 2 amide bonds. The Balaban J connectivity index is 1.96. The molecule has 84 valence electrons. The van der Waals surface area contributed by atoms with Gasteiger partial charge < -0.3 is 15.1 Å². The number of hydrogen-bond acceptors (Lipinski definition) is 4. The summed E-state index contributed by atoms with van der Waals surface area (Å²) in [5.41, 5.74) is 0. The second kappa shape index (κ2) is 4.85. The third-order valence-corrected chi connectivity index (χ3v) is 3.80. The molecule has 0 spiro atoms. The number of amides is 2. The number of hydrogen-bond donors (Lipinski definition) is 1. The molecule has 15 heavy (non-hydrogen) atoms. The first kappa shape index (κ1) is 10.8. The summed E-state index contributed by atoms with van der Waals surface area (Å²) < 4.78 is 0. The summed E-state index contributed by atoms with van der Waals surface area (Å²) >= 11 is 1.64. The molecule has 0 aromatic rings. The molecule has 0 saturated carbocycles. The molecule has 2 rings (SSSR count). The van der Waals surface area contributed by atoms with E-state index in [4.69, 9.17) is 0 Å². The standard InChI is InChI=1S/C9H15N3O2S/c13-6-12-7-15-5-8(12)9(14)11-3-1-10-2-4-11/h6,8,10H,1-5,7H2. The van der Waals surface area contributed by atoms with Crippen LogP contribution in [0.4, 0.5) is 0 Å². The van der Waals surface area contributed by atoms with E-state index in [1.165, 1.54) is 0 Å². The summed E-state index contributed by atoms with van der Waals surface area (Å²) in [6.07, 6.45) is 0.783. The van der Waals surface area contributed by atoms with Gasteiger partial charge in [0.1, 0.15) is 6.04 Å². The third kappa shape index (κ3) is 2.26. The highest BCUT2D eigenvalue weighted by Crippen LogP contribution is 2.20. The smallest absolute Gasteiger partial charge is 0.246 e. The van der Waals surface area contributed by atoms with E-state index in [0.717, 1.165) is 38.3 Å². The van der Waals surface area contributed by atoms with Gasteiger partial charge in [-0.1, -0.05) is 0 Å². The molecule has 1 unspecified atom stereocenters. The quantitative estimate of drug-likeness (QED) is 0.614. The lowest BCUT2D eigenvalue weighted by molar-refractivity contribution is -0.139. The number of piperazine rings is 1. The van der Waals surface area contributed by atoms with Crippen molar-refractivity contribution in [2.45, 2.75) is 6.04 Å². The Morgan fingerprint density at radius 2 is 2.13 bits per heavy atom. The summed E-state index contributed by atoms with van der Waals surface area (Å²) in [5, 5.41) is 3.20.